The van der Waals surface area contributed by atoms with Crippen molar-refractivity contribution >= 4 is 52.8 Å². The second kappa shape index (κ2) is 27.8. The highest BCUT2D eigenvalue weighted by Crippen LogP contribution is 2.23. The predicted octanol–water partition coefficient (Wildman–Crippen LogP) is 10.3. The molecule has 0 saturated heterocycles. The normalized spacial score (nSPS) is 11.2. The first-order valence-corrected chi connectivity index (χ1v) is 21.4. The number of rotatable bonds is 24. The van der Waals surface area contributed by atoms with Crippen LogP contribution in [0.3, 0.4) is 0 Å². The van der Waals surface area contributed by atoms with E-state index >= 15 is 0 Å². The van der Waals surface area contributed by atoms with Crippen LogP contribution in [0.1, 0.15) is 108 Å². The highest BCUT2D eigenvalue weighted by atomic mass is 16.6. The molecule has 0 fully saturated rings. The molecule has 0 heterocycles. The largest absolute Gasteiger partial charge is 0.490 e. The summed E-state index contributed by atoms with van der Waals surface area (Å²) in [6, 6.07) is 28.0. The van der Waals surface area contributed by atoms with Gasteiger partial charge in [-0.1, -0.05) is 85.5 Å². The average molecular weight is 905 g/mol. The number of nitrogens with one attached hydrogen (secondary N) is 2. The molecular formula is C52H60N2O12. The Hall–Kier alpha value is -7.32. The molecule has 0 bridgehead atoms. The summed E-state index contributed by atoms with van der Waals surface area (Å²) in [5.74, 6) is -1.33. The number of hydrogen-bond donors (Lipinski definition) is 3. The highest BCUT2D eigenvalue weighted by molar-refractivity contribution is 6.06. The molecule has 0 aromatic heterocycles. The third-order valence-corrected chi connectivity index (χ3v) is 9.58. The van der Waals surface area contributed by atoms with Gasteiger partial charge in [-0.05, 0) is 94.8 Å². The van der Waals surface area contributed by atoms with Crippen molar-refractivity contribution in [3.8, 4) is 0 Å². The topological polar surface area (TPSA) is 193 Å². The number of ether oxygens (including phenoxy) is 5. The summed E-state index contributed by atoms with van der Waals surface area (Å²) in [7, 11) is 1.00. The fraction of sp³-hybridized carbons (Fsp3) is 0.308. The Morgan fingerprint density at radius 1 is 0.576 bits per heavy atom. The first-order valence-electron chi connectivity index (χ1n) is 21.4. The molecule has 0 saturated carbocycles. The molecule has 350 valence electrons. The Balaban J connectivity index is 0.00000570. The smallest absolute Gasteiger partial charge is 0.412 e. The molecule has 0 spiro atoms. The fourth-order valence-electron chi connectivity index (χ4n) is 6.19. The molecule has 0 aliphatic heterocycles. The Kier molecular flexibility index (Phi) is 22.3. The number of hydrogen-bond acceptors (Lipinski definition) is 12. The van der Waals surface area contributed by atoms with Crippen molar-refractivity contribution in [2.24, 2.45) is 0 Å². The summed E-state index contributed by atoms with van der Waals surface area (Å²) in [4.78, 5) is 75.3. The van der Waals surface area contributed by atoms with E-state index in [1.54, 1.807) is 68.4 Å². The van der Waals surface area contributed by atoms with Gasteiger partial charge in [-0.25, -0.2) is 19.2 Å². The van der Waals surface area contributed by atoms with Gasteiger partial charge in [-0.15, -0.1) is 6.58 Å². The summed E-state index contributed by atoms with van der Waals surface area (Å²) in [6.45, 7) is 17.9. The monoisotopic (exact) mass is 904 g/mol. The SMILES string of the molecule is C=C(C)CCCC(=O)c1ccccc1C(=C)OCC(C)OC(=O)Nc1ccc(Cc2ccc(NC(=O)OC(C)CCC(=O)c3ccccc3C(=O)OCCOC(=O)C(=C)C)cc2)cc1.CO. The zero-order valence-corrected chi connectivity index (χ0v) is 38.3. The summed E-state index contributed by atoms with van der Waals surface area (Å²) in [6.07, 6.45) is 0.158. The van der Waals surface area contributed by atoms with E-state index < -0.39 is 36.3 Å². The maximum atomic E-state index is 13.0. The van der Waals surface area contributed by atoms with Crippen molar-refractivity contribution in [1.29, 1.82) is 0 Å². The number of anilines is 2. The predicted molar refractivity (Wildman–Crippen MR) is 253 cm³/mol. The third kappa shape index (κ3) is 18.4. The standard InChI is InChI=1S/C51H56N2O11.CH4O/c1-33(2)13-12-18-46(54)43-15-9-8-14-42(43)37(7)62-32-36(6)64-51(59)53-41-26-22-39(23-27-41)31-38-20-24-40(25-21-38)52-50(58)63-35(5)19-28-47(55)44-16-10-11-17-45(44)49(57)61-30-29-60-48(56)34(3)4;1-2/h8-11,14-17,20-27,35-36H,1,3,7,12-13,18-19,28-32H2,2,4-6H3,(H,52,58)(H,53,59);2H,1H3. The van der Waals surface area contributed by atoms with Gasteiger partial charge in [-0.2, -0.15) is 0 Å². The Bertz CT molecular complexity index is 2320. The second-order valence-corrected chi connectivity index (χ2v) is 15.3. The quantitative estimate of drug-likeness (QED) is 0.0115. The van der Waals surface area contributed by atoms with Crippen LogP contribution >= 0.6 is 0 Å². The van der Waals surface area contributed by atoms with Gasteiger partial charge < -0.3 is 28.8 Å². The van der Waals surface area contributed by atoms with E-state index in [9.17, 15) is 28.8 Å². The second-order valence-electron chi connectivity index (χ2n) is 15.3. The zero-order chi connectivity index (χ0) is 48.6. The highest BCUT2D eigenvalue weighted by Gasteiger charge is 2.20. The van der Waals surface area contributed by atoms with Crippen molar-refractivity contribution in [2.75, 3.05) is 37.6 Å². The summed E-state index contributed by atoms with van der Waals surface area (Å²) >= 11 is 0. The van der Waals surface area contributed by atoms with Crippen molar-refractivity contribution in [1.82, 2.24) is 0 Å². The number of aliphatic hydroxyl groups is 1. The van der Waals surface area contributed by atoms with Gasteiger partial charge >= 0.3 is 24.1 Å². The van der Waals surface area contributed by atoms with Gasteiger partial charge in [0.1, 0.15) is 37.8 Å². The number of Topliss-reactive ketones (excluding diaryl/α,β-unsaturated/α-hetero) is 2. The van der Waals surface area contributed by atoms with Gasteiger partial charge in [0.15, 0.2) is 11.6 Å². The Labute approximate surface area is 386 Å². The number of amides is 2. The molecule has 3 N–H and O–H groups in total. The van der Waals surface area contributed by atoms with Gasteiger partial charge in [0, 0.05) is 53.6 Å². The van der Waals surface area contributed by atoms with Crippen molar-refractivity contribution in [2.45, 2.75) is 78.4 Å². The molecule has 2 atom stereocenters. The van der Waals surface area contributed by atoms with E-state index in [1.165, 1.54) is 19.1 Å². The third-order valence-electron chi connectivity index (χ3n) is 9.58. The molecule has 2 unspecified atom stereocenters. The number of allylic oxidation sites excluding steroid dienone is 1. The van der Waals surface area contributed by atoms with Crippen molar-refractivity contribution < 1.29 is 57.6 Å². The molecule has 0 radical (unpaired) electrons. The number of carbonyl (C=O) groups is 6. The molecule has 0 aliphatic carbocycles. The molecule has 4 aromatic rings. The fourth-order valence-corrected chi connectivity index (χ4v) is 6.19. The van der Waals surface area contributed by atoms with Crippen LogP contribution in [0.5, 0.6) is 0 Å². The number of benzene rings is 4. The van der Waals surface area contributed by atoms with E-state index in [4.69, 9.17) is 28.8 Å². The minimum atomic E-state index is -0.729. The lowest BCUT2D eigenvalue weighted by Crippen LogP contribution is -2.24. The Morgan fingerprint density at radius 2 is 1.05 bits per heavy atom. The van der Waals surface area contributed by atoms with E-state index in [-0.39, 0.29) is 60.9 Å². The van der Waals surface area contributed by atoms with E-state index in [0.29, 0.717) is 47.5 Å². The minimum Gasteiger partial charge on any atom is -0.490 e. The molecule has 14 nitrogen and oxygen atoms in total. The van der Waals surface area contributed by atoms with Crippen LogP contribution in [-0.2, 0) is 34.9 Å². The van der Waals surface area contributed by atoms with Crippen molar-refractivity contribution in [3.05, 3.63) is 161 Å². The molecular weight excluding hydrogens is 845 g/mol. The molecule has 66 heavy (non-hydrogen) atoms. The lowest BCUT2D eigenvalue weighted by molar-refractivity contribution is -0.140. The molecule has 2 amide bonds. The summed E-state index contributed by atoms with van der Waals surface area (Å²) in [5, 5.41) is 12.4. The van der Waals surface area contributed by atoms with Crippen LogP contribution in [0.15, 0.2) is 128 Å². The van der Waals surface area contributed by atoms with E-state index in [0.717, 1.165) is 30.2 Å². The maximum absolute atomic E-state index is 13.0. The first kappa shape index (κ1) is 53.0. The van der Waals surface area contributed by atoms with Crippen LogP contribution in [-0.4, -0.2) is 79.9 Å². The summed E-state index contributed by atoms with van der Waals surface area (Å²) in [5.41, 5.74) is 5.68. The number of carbonyl (C=O) groups excluding carboxylic acids is 6. The summed E-state index contributed by atoms with van der Waals surface area (Å²) < 4.78 is 26.9. The number of esters is 2. The van der Waals surface area contributed by atoms with Gasteiger partial charge in [0.05, 0.1) is 5.56 Å². The number of aliphatic hydroxyl groups excluding tert-OH is 1. The number of ketones is 2. The van der Waals surface area contributed by atoms with Crippen LogP contribution in [0.25, 0.3) is 5.76 Å². The first-order chi connectivity index (χ1) is 31.6. The van der Waals surface area contributed by atoms with Crippen LogP contribution < -0.4 is 10.6 Å². The van der Waals surface area contributed by atoms with E-state index in [2.05, 4.69) is 30.4 Å². The minimum absolute atomic E-state index is 0.00251. The van der Waals surface area contributed by atoms with Crippen LogP contribution in [0.4, 0.5) is 21.0 Å². The molecule has 4 aromatic carbocycles. The van der Waals surface area contributed by atoms with E-state index in [1.807, 2.05) is 37.3 Å². The van der Waals surface area contributed by atoms with Gasteiger partial charge in [0.2, 0.25) is 0 Å². The van der Waals surface area contributed by atoms with Crippen LogP contribution in [0.2, 0.25) is 0 Å². The van der Waals surface area contributed by atoms with Gasteiger partial charge in [0.25, 0.3) is 0 Å². The zero-order valence-electron chi connectivity index (χ0n) is 38.3. The lowest BCUT2D eigenvalue weighted by Gasteiger charge is -2.17. The lowest BCUT2D eigenvalue weighted by atomic mass is 9.98. The maximum Gasteiger partial charge on any atom is 0.412 e. The van der Waals surface area contributed by atoms with Crippen molar-refractivity contribution in [3.63, 3.8) is 0 Å². The molecule has 14 heteroatoms. The van der Waals surface area contributed by atoms with Crippen LogP contribution in [0, 0.1) is 0 Å². The molecule has 4 rings (SSSR count). The van der Waals surface area contributed by atoms with Gasteiger partial charge in [-0.3, -0.25) is 20.2 Å². The average Bonchev–Trinajstić information content (AvgIpc) is 3.30. The Morgan fingerprint density at radius 3 is 1.58 bits per heavy atom. The molecule has 0 aliphatic rings.